The van der Waals surface area contributed by atoms with Crippen molar-refractivity contribution in [3.05, 3.63) is 84.6 Å². The van der Waals surface area contributed by atoms with E-state index in [2.05, 4.69) is 27.3 Å². The Balaban J connectivity index is 1.35. The number of methoxy groups -OCH3 is 1. The van der Waals surface area contributed by atoms with Gasteiger partial charge >= 0.3 is 0 Å². The molecule has 0 unspecified atom stereocenters. The maximum atomic E-state index is 13.3. The highest BCUT2D eigenvalue weighted by atomic mass is 32.2. The van der Waals surface area contributed by atoms with Crippen LogP contribution in [0.25, 0.3) is 28.0 Å². The van der Waals surface area contributed by atoms with Crippen molar-refractivity contribution in [3.63, 3.8) is 0 Å². The number of rotatable bonds is 6. The van der Waals surface area contributed by atoms with Crippen LogP contribution in [0.15, 0.2) is 84.1 Å². The number of aryl methyl sites for hydroxylation is 1. The molecule has 0 bridgehead atoms. The molecule has 8 heteroatoms. The summed E-state index contributed by atoms with van der Waals surface area (Å²) in [6.07, 6.45) is 3.94. The normalized spacial score (nSPS) is 13.1. The fourth-order valence-electron chi connectivity index (χ4n) is 4.76. The van der Waals surface area contributed by atoms with Crippen LogP contribution in [-0.4, -0.2) is 45.1 Å². The summed E-state index contributed by atoms with van der Waals surface area (Å²) in [5, 5.41) is 10.8. The van der Waals surface area contributed by atoms with Crippen LogP contribution in [0.1, 0.15) is 12.0 Å². The molecule has 5 aromatic rings. The number of carbonyl (C=O) groups excluding carboxylic acids is 1. The SMILES string of the molecule is COc1ccc(-n2c(SCC(=O)N3CCCc4ccccc43)nnc2-c2c[nH]c3ccccc23)cc1. The Kier molecular flexibility index (Phi) is 5.95. The number of hydrogen-bond donors (Lipinski definition) is 1. The Morgan fingerprint density at radius 1 is 1.03 bits per heavy atom. The van der Waals surface area contributed by atoms with E-state index in [1.807, 2.05) is 76.3 Å². The molecule has 0 fully saturated rings. The lowest BCUT2D eigenvalue weighted by atomic mass is 10.0. The van der Waals surface area contributed by atoms with E-state index in [-0.39, 0.29) is 11.7 Å². The third-order valence-electron chi connectivity index (χ3n) is 6.53. The van der Waals surface area contributed by atoms with E-state index in [1.165, 1.54) is 17.3 Å². The number of anilines is 1. The van der Waals surface area contributed by atoms with Crippen molar-refractivity contribution in [1.82, 2.24) is 19.7 Å². The van der Waals surface area contributed by atoms with Gasteiger partial charge in [-0.05, 0) is 54.8 Å². The molecule has 1 N–H and O–H groups in total. The number of nitrogens with zero attached hydrogens (tertiary/aromatic N) is 4. The lowest BCUT2D eigenvalue weighted by Gasteiger charge is -2.29. The average molecular weight is 496 g/mol. The van der Waals surface area contributed by atoms with E-state index in [0.29, 0.717) is 5.16 Å². The van der Waals surface area contributed by atoms with Gasteiger partial charge in [0, 0.05) is 40.6 Å². The second-order valence-electron chi connectivity index (χ2n) is 8.65. The van der Waals surface area contributed by atoms with Crippen molar-refractivity contribution >= 4 is 34.3 Å². The predicted octanol–water partition coefficient (Wildman–Crippen LogP) is 5.50. The van der Waals surface area contributed by atoms with Crippen LogP contribution in [0.5, 0.6) is 5.75 Å². The maximum absolute atomic E-state index is 13.3. The number of hydrogen-bond acceptors (Lipinski definition) is 5. The third kappa shape index (κ3) is 4.03. The molecule has 0 saturated carbocycles. The van der Waals surface area contributed by atoms with Crippen molar-refractivity contribution in [2.75, 3.05) is 24.3 Å². The first-order chi connectivity index (χ1) is 17.7. The van der Waals surface area contributed by atoms with Crippen molar-refractivity contribution in [2.45, 2.75) is 18.0 Å². The topological polar surface area (TPSA) is 76.0 Å². The van der Waals surface area contributed by atoms with Crippen LogP contribution in [-0.2, 0) is 11.2 Å². The summed E-state index contributed by atoms with van der Waals surface area (Å²) in [5.41, 5.74) is 5.14. The van der Waals surface area contributed by atoms with Crippen molar-refractivity contribution in [1.29, 1.82) is 0 Å². The lowest BCUT2D eigenvalue weighted by Crippen LogP contribution is -2.36. The largest absolute Gasteiger partial charge is 0.497 e. The molecule has 1 aliphatic heterocycles. The summed E-state index contributed by atoms with van der Waals surface area (Å²) in [4.78, 5) is 18.5. The van der Waals surface area contributed by atoms with Crippen LogP contribution < -0.4 is 9.64 Å². The second-order valence-corrected chi connectivity index (χ2v) is 9.60. The highest BCUT2D eigenvalue weighted by Crippen LogP contribution is 2.34. The molecule has 3 heterocycles. The number of ether oxygens (including phenoxy) is 1. The number of H-pyrrole nitrogens is 1. The lowest BCUT2D eigenvalue weighted by molar-refractivity contribution is -0.116. The van der Waals surface area contributed by atoms with Crippen LogP contribution in [0.4, 0.5) is 5.69 Å². The smallest absolute Gasteiger partial charge is 0.237 e. The van der Waals surface area contributed by atoms with Gasteiger partial charge in [0.1, 0.15) is 5.75 Å². The van der Waals surface area contributed by atoms with Gasteiger partial charge in [0.2, 0.25) is 5.91 Å². The minimum Gasteiger partial charge on any atom is -0.497 e. The van der Waals surface area contributed by atoms with E-state index < -0.39 is 0 Å². The average Bonchev–Trinajstić information content (AvgIpc) is 3.55. The third-order valence-corrected chi connectivity index (χ3v) is 7.44. The molecular formula is C28H25N5O2S. The predicted molar refractivity (Wildman–Crippen MR) is 143 cm³/mol. The first-order valence-corrected chi connectivity index (χ1v) is 12.9. The Morgan fingerprint density at radius 2 is 1.83 bits per heavy atom. The van der Waals surface area contributed by atoms with E-state index in [1.54, 1.807) is 7.11 Å². The second kappa shape index (κ2) is 9.54. The van der Waals surface area contributed by atoms with Crippen molar-refractivity contribution < 1.29 is 9.53 Å². The number of nitrogens with one attached hydrogen (secondary N) is 1. The summed E-state index contributed by atoms with van der Waals surface area (Å²) >= 11 is 1.41. The molecule has 3 aromatic carbocycles. The molecule has 1 aliphatic rings. The van der Waals surface area contributed by atoms with Crippen molar-refractivity contribution in [3.8, 4) is 22.8 Å². The zero-order valence-corrected chi connectivity index (χ0v) is 20.7. The fourth-order valence-corrected chi connectivity index (χ4v) is 5.58. The van der Waals surface area contributed by atoms with Gasteiger partial charge in [0.05, 0.1) is 12.9 Å². The number of thioether (sulfide) groups is 1. The molecule has 1 amide bonds. The molecule has 180 valence electrons. The summed E-state index contributed by atoms with van der Waals surface area (Å²) in [6, 6.07) is 24.1. The Morgan fingerprint density at radius 3 is 2.69 bits per heavy atom. The van der Waals surface area contributed by atoms with E-state index in [0.717, 1.165) is 58.8 Å². The quantitative estimate of drug-likeness (QED) is 0.315. The highest BCUT2D eigenvalue weighted by molar-refractivity contribution is 7.99. The molecule has 7 nitrogen and oxygen atoms in total. The molecule has 0 radical (unpaired) electrons. The summed E-state index contributed by atoms with van der Waals surface area (Å²) < 4.78 is 7.36. The van der Waals surface area contributed by atoms with Gasteiger partial charge in [0.25, 0.3) is 0 Å². The van der Waals surface area contributed by atoms with E-state index >= 15 is 0 Å². The molecule has 36 heavy (non-hydrogen) atoms. The molecule has 2 aromatic heterocycles. The zero-order chi connectivity index (χ0) is 24.5. The van der Waals surface area contributed by atoms with Crippen LogP contribution in [0.2, 0.25) is 0 Å². The van der Waals surface area contributed by atoms with Gasteiger partial charge in [-0.2, -0.15) is 0 Å². The zero-order valence-electron chi connectivity index (χ0n) is 19.8. The number of aromatic nitrogens is 4. The molecule has 0 saturated heterocycles. The number of amides is 1. The van der Waals surface area contributed by atoms with Crippen molar-refractivity contribution in [2.24, 2.45) is 0 Å². The minimum absolute atomic E-state index is 0.0741. The number of carbonyl (C=O) groups is 1. The van der Waals surface area contributed by atoms with Crippen LogP contribution >= 0.6 is 11.8 Å². The summed E-state index contributed by atoms with van der Waals surface area (Å²) in [6.45, 7) is 0.738. The summed E-state index contributed by atoms with van der Waals surface area (Å²) in [5.74, 6) is 1.84. The van der Waals surface area contributed by atoms with Crippen LogP contribution in [0.3, 0.4) is 0 Å². The molecule has 0 aliphatic carbocycles. The Labute approximate surface area is 213 Å². The monoisotopic (exact) mass is 495 g/mol. The molecule has 0 atom stereocenters. The van der Waals surface area contributed by atoms with Crippen LogP contribution in [0, 0.1) is 0 Å². The Hall–Kier alpha value is -4.04. The molecular weight excluding hydrogens is 470 g/mol. The minimum atomic E-state index is 0.0741. The van der Waals surface area contributed by atoms with Gasteiger partial charge in [0.15, 0.2) is 11.0 Å². The van der Waals surface area contributed by atoms with Gasteiger partial charge in [-0.15, -0.1) is 10.2 Å². The van der Waals surface area contributed by atoms with Gasteiger partial charge in [-0.1, -0.05) is 48.2 Å². The molecule has 0 spiro atoms. The van der Waals surface area contributed by atoms with E-state index in [9.17, 15) is 4.79 Å². The summed E-state index contributed by atoms with van der Waals surface area (Å²) in [7, 11) is 1.65. The first-order valence-electron chi connectivity index (χ1n) is 11.9. The number of fused-ring (bicyclic) bond motifs is 2. The Bertz CT molecular complexity index is 1540. The van der Waals surface area contributed by atoms with E-state index in [4.69, 9.17) is 4.74 Å². The number of benzene rings is 3. The van der Waals surface area contributed by atoms with Gasteiger partial charge in [-0.3, -0.25) is 9.36 Å². The van der Waals surface area contributed by atoms with Gasteiger partial charge < -0.3 is 14.6 Å². The maximum Gasteiger partial charge on any atom is 0.237 e. The molecule has 6 rings (SSSR count). The highest BCUT2D eigenvalue weighted by Gasteiger charge is 2.24. The standard InChI is InChI=1S/C28H25N5O2S/c1-35-21-14-12-20(13-15-21)33-27(23-17-29-24-10-4-3-9-22(23)24)30-31-28(33)36-18-26(34)32-16-6-8-19-7-2-5-11-25(19)32/h2-5,7,9-15,17,29H,6,8,16,18H2,1H3. The first kappa shape index (κ1) is 22.4. The number of aromatic amines is 1. The fraction of sp³-hybridized carbons (Fsp3) is 0.179. The number of para-hydroxylation sites is 2. The van der Waals surface area contributed by atoms with Gasteiger partial charge in [-0.25, -0.2) is 0 Å².